The van der Waals surface area contributed by atoms with Crippen LogP contribution < -0.4 is 5.32 Å². The van der Waals surface area contributed by atoms with Gasteiger partial charge in [-0.25, -0.2) is 0 Å². The highest BCUT2D eigenvalue weighted by molar-refractivity contribution is 6.30. The third-order valence-electron chi connectivity index (χ3n) is 3.76. The SMILES string of the molecule is O=C(NC1Cc2ccc([N+](=O)[O-])cc2C1)c1cccc(Cl)c1. The molecule has 2 aromatic carbocycles. The first kappa shape index (κ1) is 14.5. The van der Waals surface area contributed by atoms with E-state index in [9.17, 15) is 14.9 Å². The number of nitro groups is 1. The lowest BCUT2D eigenvalue weighted by Crippen LogP contribution is -2.35. The van der Waals surface area contributed by atoms with Gasteiger partial charge in [0.2, 0.25) is 0 Å². The van der Waals surface area contributed by atoms with Crippen molar-refractivity contribution in [2.45, 2.75) is 18.9 Å². The van der Waals surface area contributed by atoms with Gasteiger partial charge in [0, 0.05) is 28.8 Å². The zero-order chi connectivity index (χ0) is 15.7. The van der Waals surface area contributed by atoms with Gasteiger partial charge in [-0.2, -0.15) is 0 Å². The summed E-state index contributed by atoms with van der Waals surface area (Å²) in [6.07, 6.45) is 1.28. The molecule has 3 rings (SSSR count). The standard InChI is InChI=1S/C16H13ClN2O3/c17-13-3-1-2-11(6-13)16(20)18-14-7-10-4-5-15(19(21)22)9-12(10)8-14/h1-6,9,14H,7-8H2,(H,18,20). The second-order valence-electron chi connectivity index (χ2n) is 5.30. The second-order valence-corrected chi connectivity index (χ2v) is 5.74. The average molecular weight is 317 g/mol. The van der Waals surface area contributed by atoms with Crippen LogP contribution >= 0.6 is 11.6 Å². The van der Waals surface area contributed by atoms with Crippen LogP contribution in [-0.2, 0) is 12.8 Å². The Kier molecular flexibility index (Phi) is 3.81. The summed E-state index contributed by atoms with van der Waals surface area (Å²) in [7, 11) is 0. The van der Waals surface area contributed by atoms with E-state index in [1.807, 2.05) is 0 Å². The molecule has 0 aliphatic heterocycles. The lowest BCUT2D eigenvalue weighted by atomic mass is 10.1. The number of hydrogen-bond acceptors (Lipinski definition) is 3. The number of nitrogens with zero attached hydrogens (tertiary/aromatic N) is 1. The molecule has 6 heteroatoms. The molecule has 0 aromatic heterocycles. The van der Waals surface area contributed by atoms with Crippen molar-refractivity contribution in [3.63, 3.8) is 0 Å². The predicted molar refractivity (Wildman–Crippen MR) is 83.2 cm³/mol. The third-order valence-corrected chi connectivity index (χ3v) is 3.99. The summed E-state index contributed by atoms with van der Waals surface area (Å²) in [5, 5.41) is 14.3. The Balaban J connectivity index is 1.71. The second kappa shape index (κ2) is 5.77. The predicted octanol–water partition coefficient (Wildman–Crippen LogP) is 3.15. The number of fused-ring (bicyclic) bond motifs is 1. The van der Waals surface area contributed by atoms with Gasteiger partial charge in [0.05, 0.1) is 4.92 Å². The zero-order valence-electron chi connectivity index (χ0n) is 11.6. The molecule has 2 aromatic rings. The Morgan fingerprint density at radius 2 is 1.95 bits per heavy atom. The Morgan fingerprint density at radius 1 is 1.18 bits per heavy atom. The normalized spacial score (nSPS) is 16.1. The minimum absolute atomic E-state index is 0.0523. The summed E-state index contributed by atoms with van der Waals surface area (Å²) in [5.41, 5.74) is 2.56. The quantitative estimate of drug-likeness (QED) is 0.698. The van der Waals surface area contributed by atoms with Crippen molar-refractivity contribution in [1.29, 1.82) is 0 Å². The lowest BCUT2D eigenvalue weighted by Gasteiger charge is -2.12. The molecule has 0 bridgehead atoms. The van der Waals surface area contributed by atoms with Gasteiger partial charge in [0.15, 0.2) is 0 Å². The first-order chi connectivity index (χ1) is 10.5. The lowest BCUT2D eigenvalue weighted by molar-refractivity contribution is -0.384. The summed E-state index contributed by atoms with van der Waals surface area (Å²) in [6.45, 7) is 0. The molecule has 1 amide bonds. The summed E-state index contributed by atoms with van der Waals surface area (Å²) in [5.74, 6) is -0.185. The molecule has 22 heavy (non-hydrogen) atoms. The fourth-order valence-electron chi connectivity index (χ4n) is 2.72. The molecule has 1 atom stereocenters. The van der Waals surface area contributed by atoms with Crippen LogP contribution in [0.1, 0.15) is 21.5 Å². The first-order valence-corrected chi connectivity index (χ1v) is 7.23. The number of nitrogens with one attached hydrogen (secondary N) is 1. The number of amides is 1. The maximum absolute atomic E-state index is 12.2. The Bertz CT molecular complexity index is 761. The molecular formula is C16H13ClN2O3. The maximum Gasteiger partial charge on any atom is 0.269 e. The molecular weight excluding hydrogens is 304 g/mol. The number of carbonyl (C=O) groups is 1. The van der Waals surface area contributed by atoms with Crippen LogP contribution in [0.5, 0.6) is 0 Å². The molecule has 1 unspecified atom stereocenters. The van der Waals surface area contributed by atoms with Gasteiger partial charge in [-0.1, -0.05) is 23.7 Å². The first-order valence-electron chi connectivity index (χ1n) is 6.85. The molecule has 1 aliphatic carbocycles. The van der Waals surface area contributed by atoms with Gasteiger partial charge in [-0.3, -0.25) is 14.9 Å². The van der Waals surface area contributed by atoms with E-state index in [-0.39, 0.29) is 17.6 Å². The topological polar surface area (TPSA) is 72.2 Å². The van der Waals surface area contributed by atoms with Crippen molar-refractivity contribution in [2.24, 2.45) is 0 Å². The van der Waals surface area contributed by atoms with Gasteiger partial charge in [-0.05, 0) is 42.2 Å². The van der Waals surface area contributed by atoms with Gasteiger partial charge in [0.1, 0.15) is 0 Å². The zero-order valence-corrected chi connectivity index (χ0v) is 12.3. The summed E-state index contributed by atoms with van der Waals surface area (Å²) < 4.78 is 0. The molecule has 1 aliphatic rings. The van der Waals surface area contributed by atoms with E-state index >= 15 is 0 Å². The Hall–Kier alpha value is -2.40. The number of halogens is 1. The Morgan fingerprint density at radius 3 is 2.68 bits per heavy atom. The molecule has 0 saturated heterocycles. The minimum Gasteiger partial charge on any atom is -0.349 e. The van der Waals surface area contributed by atoms with Crippen LogP contribution in [0.3, 0.4) is 0 Å². The molecule has 5 nitrogen and oxygen atoms in total. The van der Waals surface area contributed by atoms with Crippen LogP contribution in [0.2, 0.25) is 5.02 Å². The van der Waals surface area contributed by atoms with Gasteiger partial charge in [-0.15, -0.1) is 0 Å². The van der Waals surface area contributed by atoms with E-state index in [0.717, 1.165) is 11.1 Å². The van der Waals surface area contributed by atoms with E-state index in [1.54, 1.807) is 36.4 Å². The van der Waals surface area contributed by atoms with E-state index in [1.165, 1.54) is 6.07 Å². The average Bonchev–Trinajstić information content (AvgIpc) is 2.88. The van der Waals surface area contributed by atoms with Crippen LogP contribution in [0, 0.1) is 10.1 Å². The van der Waals surface area contributed by atoms with Crippen LogP contribution in [-0.4, -0.2) is 16.9 Å². The fourth-order valence-corrected chi connectivity index (χ4v) is 2.91. The summed E-state index contributed by atoms with van der Waals surface area (Å²) in [4.78, 5) is 22.6. The Labute approximate surface area is 132 Å². The van der Waals surface area contributed by atoms with Crippen LogP contribution in [0.15, 0.2) is 42.5 Å². The molecule has 1 N–H and O–H groups in total. The van der Waals surface area contributed by atoms with E-state index in [2.05, 4.69) is 5.32 Å². The highest BCUT2D eigenvalue weighted by atomic mass is 35.5. The number of carbonyl (C=O) groups excluding carboxylic acids is 1. The third kappa shape index (κ3) is 2.94. The largest absolute Gasteiger partial charge is 0.349 e. The van der Waals surface area contributed by atoms with Gasteiger partial charge < -0.3 is 5.32 Å². The van der Waals surface area contributed by atoms with Crippen LogP contribution in [0.25, 0.3) is 0 Å². The fraction of sp³-hybridized carbons (Fsp3) is 0.188. The van der Waals surface area contributed by atoms with E-state index in [0.29, 0.717) is 23.4 Å². The molecule has 0 fully saturated rings. The van der Waals surface area contributed by atoms with Gasteiger partial charge >= 0.3 is 0 Å². The summed E-state index contributed by atoms with van der Waals surface area (Å²) >= 11 is 5.88. The minimum atomic E-state index is -0.405. The number of non-ortho nitro benzene ring substituents is 1. The summed E-state index contributed by atoms with van der Waals surface area (Å²) in [6, 6.07) is 11.5. The maximum atomic E-state index is 12.2. The highest BCUT2D eigenvalue weighted by Crippen LogP contribution is 2.26. The monoisotopic (exact) mass is 316 g/mol. The number of rotatable bonds is 3. The van der Waals surface area contributed by atoms with Crippen molar-refractivity contribution in [2.75, 3.05) is 0 Å². The molecule has 0 saturated carbocycles. The molecule has 0 heterocycles. The van der Waals surface area contributed by atoms with Crippen molar-refractivity contribution in [3.8, 4) is 0 Å². The van der Waals surface area contributed by atoms with Gasteiger partial charge in [0.25, 0.3) is 11.6 Å². The highest BCUT2D eigenvalue weighted by Gasteiger charge is 2.25. The number of hydrogen-bond donors (Lipinski definition) is 1. The smallest absolute Gasteiger partial charge is 0.269 e. The number of nitro benzene ring substituents is 1. The van der Waals surface area contributed by atoms with Crippen LogP contribution in [0.4, 0.5) is 5.69 Å². The molecule has 0 radical (unpaired) electrons. The van der Waals surface area contributed by atoms with Crippen molar-refractivity contribution in [3.05, 3.63) is 74.3 Å². The van der Waals surface area contributed by atoms with Crippen molar-refractivity contribution < 1.29 is 9.72 Å². The van der Waals surface area contributed by atoms with E-state index in [4.69, 9.17) is 11.6 Å². The number of benzene rings is 2. The van der Waals surface area contributed by atoms with E-state index < -0.39 is 4.92 Å². The molecule has 0 spiro atoms. The van der Waals surface area contributed by atoms with Crippen molar-refractivity contribution in [1.82, 2.24) is 5.32 Å². The molecule has 112 valence electrons. The van der Waals surface area contributed by atoms with Crippen molar-refractivity contribution >= 4 is 23.2 Å².